The van der Waals surface area contributed by atoms with Gasteiger partial charge in [-0.2, -0.15) is 17.0 Å². The molecule has 1 unspecified atom stereocenters. The van der Waals surface area contributed by atoms with Crippen molar-refractivity contribution in [3.05, 3.63) is 0 Å². The van der Waals surface area contributed by atoms with Crippen LogP contribution < -0.4 is 5.32 Å². The Kier molecular flexibility index (Phi) is 5.22. The lowest BCUT2D eigenvalue weighted by atomic mass is 10.1. The van der Waals surface area contributed by atoms with E-state index in [1.54, 1.807) is 8.61 Å². The van der Waals surface area contributed by atoms with Crippen LogP contribution in [0.4, 0.5) is 0 Å². The highest BCUT2D eigenvalue weighted by Gasteiger charge is 2.34. The maximum Gasteiger partial charge on any atom is 0.282 e. The number of rotatable bonds is 5. The Hall–Kier alpha value is -0.170. The molecule has 2 rings (SSSR count). The molecule has 2 aliphatic heterocycles. The summed E-state index contributed by atoms with van der Waals surface area (Å²) in [5, 5.41) is 3.44. The third-order valence-electron chi connectivity index (χ3n) is 4.08. The zero-order valence-electron chi connectivity index (χ0n) is 12.1. The third kappa shape index (κ3) is 3.68. The van der Waals surface area contributed by atoms with E-state index in [4.69, 9.17) is 0 Å². The second kappa shape index (κ2) is 6.52. The molecular weight excluding hydrogens is 262 g/mol. The molecule has 5 nitrogen and oxygen atoms in total. The maximum absolute atomic E-state index is 12.7. The van der Waals surface area contributed by atoms with Crippen LogP contribution in [0.3, 0.4) is 0 Å². The Labute approximate surface area is 117 Å². The average Bonchev–Trinajstić information content (AvgIpc) is 2.91. The van der Waals surface area contributed by atoms with Crippen LogP contribution in [0.5, 0.6) is 0 Å². The molecule has 0 aromatic carbocycles. The van der Waals surface area contributed by atoms with Crippen LogP contribution in [-0.4, -0.2) is 55.3 Å². The highest BCUT2D eigenvalue weighted by molar-refractivity contribution is 7.86. The smallest absolute Gasteiger partial charge is 0.282 e. The van der Waals surface area contributed by atoms with Crippen molar-refractivity contribution < 1.29 is 8.42 Å². The van der Waals surface area contributed by atoms with Crippen molar-refractivity contribution in [3.8, 4) is 0 Å². The first-order valence-corrected chi connectivity index (χ1v) is 8.92. The van der Waals surface area contributed by atoms with E-state index in [9.17, 15) is 8.42 Å². The van der Waals surface area contributed by atoms with Gasteiger partial charge in [-0.3, -0.25) is 0 Å². The minimum atomic E-state index is -3.27. The summed E-state index contributed by atoms with van der Waals surface area (Å²) >= 11 is 0. The van der Waals surface area contributed by atoms with E-state index >= 15 is 0 Å². The molecular formula is C13H27N3O2S. The summed E-state index contributed by atoms with van der Waals surface area (Å²) in [7, 11) is -3.27. The minimum Gasteiger partial charge on any atom is -0.313 e. The molecule has 112 valence electrons. The van der Waals surface area contributed by atoms with Crippen molar-refractivity contribution in [2.24, 2.45) is 0 Å². The molecule has 2 heterocycles. The van der Waals surface area contributed by atoms with E-state index in [0.29, 0.717) is 25.7 Å². The second-order valence-corrected chi connectivity index (χ2v) is 7.81. The molecule has 0 aliphatic carbocycles. The summed E-state index contributed by atoms with van der Waals surface area (Å²) in [6.45, 7) is 6.93. The Morgan fingerprint density at radius 2 is 1.89 bits per heavy atom. The standard InChI is InChI=1S/C13H27N3O2S/c1-12(2)16(11-13-7-3-4-8-14-13)19(17,18)15-9-5-6-10-15/h12-14H,3-11H2,1-2H3. The Balaban J connectivity index is 2.05. The summed E-state index contributed by atoms with van der Waals surface area (Å²) in [5.74, 6) is 0. The van der Waals surface area contributed by atoms with Crippen LogP contribution in [0.25, 0.3) is 0 Å². The quantitative estimate of drug-likeness (QED) is 0.827. The average molecular weight is 289 g/mol. The zero-order valence-corrected chi connectivity index (χ0v) is 13.0. The van der Waals surface area contributed by atoms with Crippen molar-refractivity contribution in [1.82, 2.24) is 13.9 Å². The Morgan fingerprint density at radius 3 is 2.42 bits per heavy atom. The van der Waals surface area contributed by atoms with Gasteiger partial charge in [0.25, 0.3) is 10.2 Å². The predicted molar refractivity (Wildman–Crippen MR) is 77.2 cm³/mol. The fraction of sp³-hybridized carbons (Fsp3) is 1.00. The Morgan fingerprint density at radius 1 is 1.21 bits per heavy atom. The topological polar surface area (TPSA) is 52.7 Å². The van der Waals surface area contributed by atoms with Gasteiger partial charge in [-0.05, 0) is 46.1 Å². The van der Waals surface area contributed by atoms with Crippen LogP contribution in [0.15, 0.2) is 0 Å². The lowest BCUT2D eigenvalue weighted by Gasteiger charge is -2.34. The van der Waals surface area contributed by atoms with Crippen LogP contribution in [0, 0.1) is 0 Å². The second-order valence-electron chi connectivity index (χ2n) is 5.92. The van der Waals surface area contributed by atoms with E-state index in [0.717, 1.165) is 25.8 Å². The lowest BCUT2D eigenvalue weighted by molar-refractivity contribution is 0.266. The molecule has 2 saturated heterocycles. The number of hydrogen-bond donors (Lipinski definition) is 1. The largest absolute Gasteiger partial charge is 0.313 e. The minimum absolute atomic E-state index is 0.0225. The first-order valence-electron chi connectivity index (χ1n) is 7.52. The molecule has 19 heavy (non-hydrogen) atoms. The zero-order chi connectivity index (χ0) is 13.9. The molecule has 1 N–H and O–H groups in total. The molecule has 0 aromatic rings. The fourth-order valence-electron chi connectivity index (χ4n) is 2.94. The van der Waals surface area contributed by atoms with Gasteiger partial charge in [0.15, 0.2) is 0 Å². The van der Waals surface area contributed by atoms with Crippen molar-refractivity contribution in [3.63, 3.8) is 0 Å². The first-order chi connectivity index (χ1) is 9.01. The van der Waals surface area contributed by atoms with Crippen LogP contribution in [0.1, 0.15) is 46.0 Å². The van der Waals surface area contributed by atoms with E-state index < -0.39 is 10.2 Å². The van der Waals surface area contributed by atoms with Crippen molar-refractivity contribution in [2.75, 3.05) is 26.2 Å². The number of hydrogen-bond acceptors (Lipinski definition) is 3. The van der Waals surface area contributed by atoms with E-state index in [-0.39, 0.29) is 6.04 Å². The fourth-order valence-corrected chi connectivity index (χ4v) is 4.85. The van der Waals surface area contributed by atoms with Crippen molar-refractivity contribution in [2.45, 2.75) is 58.0 Å². The molecule has 0 saturated carbocycles. The maximum atomic E-state index is 12.7. The van der Waals surface area contributed by atoms with Gasteiger partial charge in [-0.15, -0.1) is 0 Å². The Bertz CT molecular complexity index is 371. The van der Waals surface area contributed by atoms with Crippen molar-refractivity contribution in [1.29, 1.82) is 0 Å². The van der Waals surface area contributed by atoms with Crippen LogP contribution in [-0.2, 0) is 10.2 Å². The van der Waals surface area contributed by atoms with Crippen LogP contribution >= 0.6 is 0 Å². The summed E-state index contributed by atoms with van der Waals surface area (Å²) in [6, 6.07) is 0.336. The third-order valence-corrected chi connectivity index (χ3v) is 6.26. The molecule has 0 spiro atoms. The molecule has 0 aromatic heterocycles. The molecule has 0 amide bonds. The summed E-state index contributed by atoms with van der Waals surface area (Å²) in [5.41, 5.74) is 0. The monoisotopic (exact) mass is 289 g/mol. The predicted octanol–water partition coefficient (Wildman–Crippen LogP) is 1.18. The normalized spacial score (nSPS) is 26.4. The van der Waals surface area contributed by atoms with Gasteiger partial charge in [0.05, 0.1) is 0 Å². The van der Waals surface area contributed by atoms with E-state index in [2.05, 4.69) is 5.32 Å². The summed E-state index contributed by atoms with van der Waals surface area (Å²) in [4.78, 5) is 0. The number of nitrogens with zero attached hydrogens (tertiary/aromatic N) is 2. The number of nitrogens with one attached hydrogen (secondary N) is 1. The lowest BCUT2D eigenvalue weighted by Crippen LogP contribution is -2.52. The molecule has 0 bridgehead atoms. The van der Waals surface area contributed by atoms with Gasteiger partial charge in [-0.1, -0.05) is 6.42 Å². The molecule has 6 heteroatoms. The molecule has 1 atom stereocenters. The van der Waals surface area contributed by atoms with Gasteiger partial charge < -0.3 is 5.32 Å². The first kappa shape index (κ1) is 15.2. The van der Waals surface area contributed by atoms with Gasteiger partial charge in [0.1, 0.15) is 0 Å². The van der Waals surface area contributed by atoms with Gasteiger partial charge in [-0.25, -0.2) is 0 Å². The summed E-state index contributed by atoms with van der Waals surface area (Å²) in [6.07, 6.45) is 5.48. The van der Waals surface area contributed by atoms with Gasteiger partial charge >= 0.3 is 0 Å². The highest BCUT2D eigenvalue weighted by Crippen LogP contribution is 2.20. The van der Waals surface area contributed by atoms with E-state index in [1.165, 1.54) is 12.8 Å². The number of piperidine rings is 1. The van der Waals surface area contributed by atoms with Crippen molar-refractivity contribution >= 4 is 10.2 Å². The van der Waals surface area contributed by atoms with Gasteiger partial charge in [0.2, 0.25) is 0 Å². The van der Waals surface area contributed by atoms with Crippen LogP contribution in [0.2, 0.25) is 0 Å². The van der Waals surface area contributed by atoms with Gasteiger partial charge in [0, 0.05) is 31.7 Å². The molecule has 0 radical (unpaired) electrons. The molecule has 2 aliphatic rings. The molecule has 2 fully saturated rings. The summed E-state index contributed by atoms with van der Waals surface area (Å²) < 4.78 is 28.7. The highest BCUT2D eigenvalue weighted by atomic mass is 32.2. The van der Waals surface area contributed by atoms with E-state index in [1.807, 2.05) is 13.8 Å². The SMILES string of the molecule is CC(C)N(CC1CCCCN1)S(=O)(=O)N1CCCC1.